The monoisotopic (exact) mass is 610 g/mol. The van der Waals surface area contributed by atoms with E-state index >= 15 is 0 Å². The number of halogens is 3. The number of nitrogen functional groups attached to an aromatic ring is 1. The molecule has 4 aromatic rings. The summed E-state index contributed by atoms with van der Waals surface area (Å²) in [6, 6.07) is 6.66. The van der Waals surface area contributed by atoms with Crippen molar-refractivity contribution in [2.45, 2.75) is 18.3 Å². The molecule has 14 heteroatoms. The van der Waals surface area contributed by atoms with E-state index in [1.54, 1.807) is 25.9 Å². The lowest BCUT2D eigenvalue weighted by molar-refractivity contribution is 0.1000. The quantitative estimate of drug-likeness (QED) is 0.169. The van der Waals surface area contributed by atoms with E-state index in [4.69, 9.17) is 43.8 Å². The summed E-state index contributed by atoms with van der Waals surface area (Å²) in [6.45, 7) is 1.52. The van der Waals surface area contributed by atoms with E-state index in [0.717, 1.165) is 6.07 Å². The molecule has 10 nitrogen and oxygen atoms in total. The number of aromatic nitrogens is 1. The van der Waals surface area contributed by atoms with Gasteiger partial charge >= 0.3 is 0 Å². The number of anilines is 1. The SMILES string of the molecule is C[C@@H](Oc1c(N)ncc2c(-c3cc(C(N)=O)ccc3C(CN(C)C)S(=O)(=O)O)coc12)c1c(Cl)ccc(F)c1Cl. The Bertz CT molecular complexity index is 1730. The lowest BCUT2D eigenvalue weighted by Crippen LogP contribution is -2.26. The lowest BCUT2D eigenvalue weighted by Gasteiger charge is -2.22. The van der Waals surface area contributed by atoms with Gasteiger partial charge in [0.15, 0.2) is 11.4 Å². The van der Waals surface area contributed by atoms with E-state index in [2.05, 4.69) is 4.98 Å². The molecule has 2 heterocycles. The van der Waals surface area contributed by atoms with Gasteiger partial charge in [-0.25, -0.2) is 9.37 Å². The Morgan fingerprint density at radius 1 is 1.23 bits per heavy atom. The number of hydrogen-bond acceptors (Lipinski definition) is 8. The van der Waals surface area contributed by atoms with Crippen molar-refractivity contribution in [3.05, 3.63) is 75.3 Å². The molecule has 4 rings (SSSR count). The van der Waals surface area contributed by atoms with Crippen LogP contribution in [-0.2, 0) is 10.1 Å². The van der Waals surface area contributed by atoms with Gasteiger partial charge in [-0.3, -0.25) is 9.35 Å². The minimum Gasteiger partial charge on any atom is -0.478 e. The molecule has 0 aliphatic heterocycles. The van der Waals surface area contributed by atoms with Crippen LogP contribution in [0.5, 0.6) is 5.75 Å². The Labute approximate surface area is 239 Å². The van der Waals surface area contributed by atoms with Gasteiger partial charge in [-0.15, -0.1) is 0 Å². The first-order valence-electron chi connectivity index (χ1n) is 11.7. The molecule has 0 aliphatic carbocycles. The lowest BCUT2D eigenvalue weighted by atomic mass is 9.94. The highest BCUT2D eigenvalue weighted by molar-refractivity contribution is 7.86. The summed E-state index contributed by atoms with van der Waals surface area (Å²) in [7, 11) is -1.29. The van der Waals surface area contributed by atoms with Gasteiger partial charge in [-0.05, 0) is 56.4 Å². The van der Waals surface area contributed by atoms with Crippen molar-refractivity contribution in [1.29, 1.82) is 0 Å². The van der Waals surface area contributed by atoms with Crippen LogP contribution in [0, 0.1) is 5.82 Å². The normalized spacial score (nSPS) is 13.5. The molecule has 1 amide bonds. The zero-order chi connectivity index (χ0) is 29.5. The minimum absolute atomic E-state index is 0.000119. The summed E-state index contributed by atoms with van der Waals surface area (Å²) in [4.78, 5) is 17.8. The number of furan rings is 1. The minimum atomic E-state index is -4.59. The third kappa shape index (κ3) is 5.72. The third-order valence-electron chi connectivity index (χ3n) is 6.25. The molecule has 2 atom stereocenters. The number of hydrogen-bond donors (Lipinski definition) is 3. The second kappa shape index (κ2) is 11.2. The zero-order valence-electron chi connectivity index (χ0n) is 21.5. The van der Waals surface area contributed by atoms with Gasteiger partial charge in [-0.2, -0.15) is 8.42 Å². The van der Waals surface area contributed by atoms with Crippen molar-refractivity contribution in [3.8, 4) is 16.9 Å². The number of carbonyl (C=O) groups excluding carboxylic acids is 1. The van der Waals surface area contributed by atoms with E-state index in [-0.39, 0.29) is 56.0 Å². The summed E-state index contributed by atoms with van der Waals surface area (Å²) < 4.78 is 60.9. The zero-order valence-corrected chi connectivity index (χ0v) is 23.8. The van der Waals surface area contributed by atoms with E-state index in [9.17, 15) is 22.2 Å². The maximum atomic E-state index is 14.1. The number of pyridine rings is 1. The van der Waals surface area contributed by atoms with Gasteiger partial charge in [0.2, 0.25) is 11.7 Å². The van der Waals surface area contributed by atoms with Crippen LogP contribution in [0.2, 0.25) is 10.0 Å². The van der Waals surface area contributed by atoms with Gasteiger partial charge in [0.25, 0.3) is 10.1 Å². The predicted molar refractivity (Wildman–Crippen MR) is 151 cm³/mol. The van der Waals surface area contributed by atoms with Crippen LogP contribution in [-0.4, -0.2) is 49.4 Å². The summed E-state index contributed by atoms with van der Waals surface area (Å²) in [5.41, 5.74) is 12.8. The fourth-order valence-corrected chi connectivity index (χ4v) is 6.05. The molecule has 1 unspecified atom stereocenters. The highest BCUT2D eigenvalue weighted by Gasteiger charge is 2.31. The molecule has 0 fully saturated rings. The number of nitrogens with two attached hydrogens (primary N) is 2. The Hall–Kier alpha value is -3.42. The predicted octanol–water partition coefficient (Wildman–Crippen LogP) is 5.25. The van der Waals surface area contributed by atoms with E-state index < -0.39 is 33.2 Å². The summed E-state index contributed by atoms with van der Waals surface area (Å²) >= 11 is 12.4. The average Bonchev–Trinajstić information content (AvgIpc) is 3.30. The Morgan fingerprint density at radius 2 is 1.93 bits per heavy atom. The van der Waals surface area contributed by atoms with Crippen molar-refractivity contribution in [2.24, 2.45) is 5.73 Å². The van der Waals surface area contributed by atoms with Crippen LogP contribution < -0.4 is 16.2 Å². The van der Waals surface area contributed by atoms with Gasteiger partial charge in [0, 0.05) is 34.5 Å². The number of rotatable bonds is 9. The summed E-state index contributed by atoms with van der Waals surface area (Å²) in [5, 5.41) is -1.08. The largest absolute Gasteiger partial charge is 0.478 e. The topological polar surface area (TPSA) is 162 Å². The van der Waals surface area contributed by atoms with Crippen molar-refractivity contribution >= 4 is 56.0 Å². The van der Waals surface area contributed by atoms with Crippen molar-refractivity contribution < 1.29 is 31.3 Å². The van der Waals surface area contributed by atoms with Gasteiger partial charge in [0.05, 0.1) is 16.7 Å². The first-order chi connectivity index (χ1) is 18.7. The number of nitrogens with zero attached hydrogens (tertiary/aromatic N) is 2. The second-order valence-corrected chi connectivity index (χ2v) is 11.7. The molecule has 5 N–H and O–H groups in total. The molecule has 0 bridgehead atoms. The first kappa shape index (κ1) is 29.6. The maximum Gasteiger partial charge on any atom is 0.273 e. The number of carbonyl (C=O) groups is 1. The van der Waals surface area contributed by atoms with Gasteiger partial charge < -0.3 is 25.5 Å². The van der Waals surface area contributed by atoms with Crippen LogP contribution in [0.15, 0.2) is 47.2 Å². The molecule has 0 spiro atoms. The standard InChI is InChI=1S/C26H25Cl2FN4O6S/c1-12(21-18(27)6-7-19(29)22(21)28)39-24-23-16(9-32-25(24)30)17(11-38-23)15-8-13(26(31)34)4-5-14(15)20(10-33(2)3)40(35,36)37/h4-9,11-12,20H,10H2,1-3H3,(H2,30,32)(H2,31,34)(H,35,36,37)/t12-,20?/m1/s1. The summed E-state index contributed by atoms with van der Waals surface area (Å²) in [6.07, 6.45) is 1.81. The first-order valence-corrected chi connectivity index (χ1v) is 14.0. The molecule has 40 heavy (non-hydrogen) atoms. The number of ether oxygens (including phenoxy) is 1. The van der Waals surface area contributed by atoms with E-state index in [0.29, 0.717) is 10.9 Å². The number of benzene rings is 2. The smallest absolute Gasteiger partial charge is 0.273 e. The van der Waals surface area contributed by atoms with E-state index in [1.165, 1.54) is 36.7 Å². The van der Waals surface area contributed by atoms with Crippen molar-refractivity contribution in [3.63, 3.8) is 0 Å². The fraction of sp³-hybridized carbons (Fsp3) is 0.231. The number of fused-ring (bicyclic) bond motifs is 1. The third-order valence-corrected chi connectivity index (χ3v) is 8.08. The van der Waals surface area contributed by atoms with Crippen LogP contribution in [0.25, 0.3) is 22.1 Å². The van der Waals surface area contributed by atoms with Gasteiger partial charge in [-0.1, -0.05) is 29.3 Å². The van der Waals surface area contributed by atoms with Crippen LogP contribution in [0.4, 0.5) is 10.2 Å². The molecule has 0 saturated heterocycles. The van der Waals surface area contributed by atoms with Crippen LogP contribution in [0.3, 0.4) is 0 Å². The van der Waals surface area contributed by atoms with Crippen LogP contribution in [0.1, 0.15) is 39.8 Å². The van der Waals surface area contributed by atoms with Gasteiger partial charge in [0.1, 0.15) is 17.2 Å². The Kier molecular flexibility index (Phi) is 8.29. The number of likely N-dealkylation sites (N-methyl/N-ethyl adjacent to an activating group) is 1. The number of primary amides is 1. The van der Waals surface area contributed by atoms with Crippen molar-refractivity contribution in [1.82, 2.24) is 9.88 Å². The highest BCUT2D eigenvalue weighted by Crippen LogP contribution is 2.43. The summed E-state index contributed by atoms with van der Waals surface area (Å²) in [5.74, 6) is -1.49. The Balaban J connectivity index is 1.90. The van der Waals surface area contributed by atoms with Crippen LogP contribution >= 0.6 is 23.2 Å². The highest BCUT2D eigenvalue weighted by atomic mass is 35.5. The number of amides is 1. The molecule has 0 aliphatic rings. The molecule has 2 aromatic carbocycles. The molecule has 212 valence electrons. The second-order valence-electron chi connectivity index (χ2n) is 9.31. The molecular formula is C26H25Cl2FN4O6S. The maximum absolute atomic E-state index is 14.1. The average molecular weight is 611 g/mol. The molecule has 2 aromatic heterocycles. The molecule has 0 radical (unpaired) electrons. The van der Waals surface area contributed by atoms with E-state index in [1.807, 2.05) is 0 Å². The fourth-order valence-electron chi connectivity index (χ4n) is 4.36. The van der Waals surface area contributed by atoms with Crippen molar-refractivity contribution in [2.75, 3.05) is 26.4 Å². The molecular weight excluding hydrogens is 586 g/mol. The molecule has 0 saturated carbocycles. The Morgan fingerprint density at radius 3 is 2.55 bits per heavy atom.